The first kappa shape index (κ1) is 20.9. The van der Waals surface area contributed by atoms with Gasteiger partial charge in [-0.15, -0.1) is 11.8 Å². The van der Waals surface area contributed by atoms with Gasteiger partial charge in [0, 0.05) is 18.0 Å². The summed E-state index contributed by atoms with van der Waals surface area (Å²) in [5.41, 5.74) is 2.07. The first-order valence-electron chi connectivity index (χ1n) is 10.8. The molecule has 1 aliphatic carbocycles. The number of nitrogens with zero attached hydrogens (tertiary/aromatic N) is 2. The molecule has 2 heterocycles. The third kappa shape index (κ3) is 4.86. The lowest BCUT2D eigenvalue weighted by molar-refractivity contribution is 0.255. The number of piperidine rings is 1. The molecule has 1 saturated heterocycles. The van der Waals surface area contributed by atoms with E-state index < -0.39 is 10.0 Å². The molecule has 156 valence electrons. The van der Waals surface area contributed by atoms with E-state index in [0.717, 1.165) is 35.4 Å². The fourth-order valence-electron chi connectivity index (χ4n) is 4.38. The van der Waals surface area contributed by atoms with Gasteiger partial charge >= 0.3 is 0 Å². The van der Waals surface area contributed by atoms with Crippen molar-refractivity contribution >= 4 is 21.8 Å². The first-order valence-corrected chi connectivity index (χ1v) is 13.1. The molecule has 1 saturated carbocycles. The van der Waals surface area contributed by atoms with Gasteiger partial charge in [0.05, 0.1) is 16.0 Å². The van der Waals surface area contributed by atoms with Crippen LogP contribution in [0.3, 0.4) is 0 Å². The fraction of sp³-hybridized carbons (Fsp3) is 0.522. The van der Waals surface area contributed by atoms with Crippen molar-refractivity contribution in [2.24, 2.45) is 0 Å². The van der Waals surface area contributed by atoms with Gasteiger partial charge in [0.25, 0.3) is 0 Å². The molecule has 0 amide bonds. The Morgan fingerprint density at radius 2 is 1.66 bits per heavy atom. The van der Waals surface area contributed by atoms with Crippen LogP contribution in [0, 0.1) is 6.92 Å². The Morgan fingerprint density at radius 3 is 2.34 bits per heavy atom. The number of rotatable bonds is 5. The van der Waals surface area contributed by atoms with Crippen molar-refractivity contribution < 1.29 is 8.42 Å². The number of sulfonamides is 1. The van der Waals surface area contributed by atoms with Crippen LogP contribution in [-0.2, 0) is 10.0 Å². The Kier molecular flexibility index (Phi) is 6.62. The molecule has 1 aromatic carbocycles. The lowest BCUT2D eigenvalue weighted by Gasteiger charge is -2.35. The van der Waals surface area contributed by atoms with Crippen LogP contribution in [0.5, 0.6) is 0 Å². The molecule has 6 heteroatoms. The monoisotopic (exact) mass is 430 g/mol. The lowest BCUT2D eigenvalue weighted by Crippen LogP contribution is -2.38. The van der Waals surface area contributed by atoms with E-state index in [1.165, 1.54) is 32.1 Å². The zero-order chi connectivity index (χ0) is 20.3. The van der Waals surface area contributed by atoms with Gasteiger partial charge in [0.1, 0.15) is 0 Å². The van der Waals surface area contributed by atoms with Gasteiger partial charge in [-0.2, -0.15) is 4.31 Å². The average Bonchev–Trinajstić information content (AvgIpc) is 2.75. The highest BCUT2D eigenvalue weighted by molar-refractivity contribution is 7.99. The molecule has 0 unspecified atom stereocenters. The van der Waals surface area contributed by atoms with Crippen molar-refractivity contribution in [2.75, 3.05) is 6.54 Å². The Balaban J connectivity index is 1.53. The maximum Gasteiger partial charge on any atom is 0.243 e. The number of benzene rings is 1. The van der Waals surface area contributed by atoms with Crippen LogP contribution in [0.1, 0.15) is 68.5 Å². The third-order valence-electron chi connectivity index (χ3n) is 6.06. The molecular formula is C23H30N2O2S2. The predicted octanol–water partition coefficient (Wildman–Crippen LogP) is 5.73. The molecular weight excluding hydrogens is 400 g/mol. The minimum absolute atomic E-state index is 0.128. The molecule has 0 spiro atoms. The van der Waals surface area contributed by atoms with E-state index in [-0.39, 0.29) is 6.04 Å². The van der Waals surface area contributed by atoms with Crippen LogP contribution in [0.25, 0.3) is 0 Å². The van der Waals surface area contributed by atoms with Gasteiger partial charge in [-0.25, -0.2) is 13.4 Å². The van der Waals surface area contributed by atoms with Crippen molar-refractivity contribution in [2.45, 2.75) is 79.5 Å². The first-order chi connectivity index (χ1) is 14.0. The minimum Gasteiger partial charge on any atom is -0.250 e. The van der Waals surface area contributed by atoms with Crippen LogP contribution in [0.15, 0.2) is 52.5 Å². The molecule has 4 nitrogen and oxygen atoms in total. The van der Waals surface area contributed by atoms with Crippen molar-refractivity contribution in [3.05, 3.63) is 53.7 Å². The number of aryl methyl sites for hydroxylation is 1. The minimum atomic E-state index is -3.51. The molecule has 4 rings (SSSR count). The summed E-state index contributed by atoms with van der Waals surface area (Å²) in [5.74, 6) is 0. The quantitative estimate of drug-likeness (QED) is 0.608. The zero-order valence-electron chi connectivity index (χ0n) is 17.1. The summed E-state index contributed by atoms with van der Waals surface area (Å²) in [6.07, 6.45) is 11.3. The molecule has 0 N–H and O–H groups in total. The maximum absolute atomic E-state index is 13.3. The van der Waals surface area contributed by atoms with Gasteiger partial charge in [-0.05, 0) is 56.4 Å². The van der Waals surface area contributed by atoms with Gasteiger partial charge < -0.3 is 0 Å². The highest BCUT2D eigenvalue weighted by Gasteiger charge is 2.34. The lowest BCUT2D eigenvalue weighted by atomic mass is 9.99. The van der Waals surface area contributed by atoms with Crippen LogP contribution in [0.4, 0.5) is 0 Å². The topological polar surface area (TPSA) is 50.3 Å². The van der Waals surface area contributed by atoms with Crippen molar-refractivity contribution in [3.63, 3.8) is 0 Å². The summed E-state index contributed by atoms with van der Waals surface area (Å²) in [5, 5.41) is 1.74. The van der Waals surface area contributed by atoms with Gasteiger partial charge in [0.2, 0.25) is 10.0 Å². The third-order valence-corrected chi connectivity index (χ3v) is 9.27. The number of pyridine rings is 1. The van der Waals surface area contributed by atoms with Gasteiger partial charge in [-0.3, -0.25) is 0 Å². The maximum atomic E-state index is 13.3. The second-order valence-corrected chi connectivity index (χ2v) is 11.5. The standard InChI is InChI=1S/C23H30N2O2S2/c1-18-10-13-21(14-11-18)29(26,27)25-16-6-5-9-22(25)19-12-15-23(24-17-19)28-20-7-3-2-4-8-20/h10-15,17,20,22H,2-9,16H2,1H3/t22-/m0/s1. The molecule has 1 atom stereocenters. The molecule has 1 aliphatic heterocycles. The highest BCUT2D eigenvalue weighted by atomic mass is 32.2. The summed E-state index contributed by atoms with van der Waals surface area (Å²) >= 11 is 1.88. The number of thioether (sulfide) groups is 1. The molecule has 2 aromatic rings. The second kappa shape index (κ2) is 9.19. The molecule has 2 aliphatic rings. The smallest absolute Gasteiger partial charge is 0.243 e. The van der Waals surface area contributed by atoms with E-state index in [0.29, 0.717) is 16.7 Å². The van der Waals surface area contributed by atoms with E-state index in [1.54, 1.807) is 16.4 Å². The van der Waals surface area contributed by atoms with Gasteiger partial charge in [-0.1, -0.05) is 49.4 Å². The van der Waals surface area contributed by atoms with E-state index >= 15 is 0 Å². The summed E-state index contributed by atoms with van der Waals surface area (Å²) < 4.78 is 28.3. The van der Waals surface area contributed by atoms with Crippen LogP contribution in [0.2, 0.25) is 0 Å². The predicted molar refractivity (Wildman–Crippen MR) is 119 cm³/mol. The van der Waals surface area contributed by atoms with E-state index in [9.17, 15) is 8.42 Å². The second-order valence-electron chi connectivity index (χ2n) is 8.25. The van der Waals surface area contributed by atoms with Crippen LogP contribution >= 0.6 is 11.8 Å². The Bertz CT molecular complexity index is 905. The fourth-order valence-corrected chi connectivity index (χ4v) is 7.24. The van der Waals surface area contributed by atoms with Gasteiger partial charge in [0.15, 0.2) is 0 Å². The molecule has 1 aromatic heterocycles. The molecule has 2 fully saturated rings. The Morgan fingerprint density at radius 1 is 0.931 bits per heavy atom. The molecule has 0 radical (unpaired) electrons. The summed E-state index contributed by atoms with van der Waals surface area (Å²) in [6.45, 7) is 2.54. The van der Waals surface area contributed by atoms with Crippen molar-refractivity contribution in [1.82, 2.24) is 9.29 Å². The number of aromatic nitrogens is 1. The summed E-state index contributed by atoms with van der Waals surface area (Å²) in [6, 6.07) is 11.2. The average molecular weight is 431 g/mol. The van der Waals surface area contributed by atoms with E-state index in [4.69, 9.17) is 4.98 Å². The van der Waals surface area contributed by atoms with E-state index in [1.807, 2.05) is 37.0 Å². The normalized spacial score (nSPS) is 21.9. The summed E-state index contributed by atoms with van der Waals surface area (Å²) in [7, 11) is -3.51. The number of hydrogen-bond acceptors (Lipinski definition) is 4. The SMILES string of the molecule is Cc1ccc(S(=O)(=O)N2CCCC[C@H]2c2ccc(SC3CCCCC3)nc2)cc1. The van der Waals surface area contributed by atoms with Crippen molar-refractivity contribution in [3.8, 4) is 0 Å². The molecule has 0 bridgehead atoms. The Labute approximate surface area is 179 Å². The van der Waals surface area contributed by atoms with E-state index in [2.05, 4.69) is 12.1 Å². The largest absolute Gasteiger partial charge is 0.250 e. The number of hydrogen-bond donors (Lipinski definition) is 0. The van der Waals surface area contributed by atoms with Crippen LogP contribution in [-0.4, -0.2) is 29.5 Å². The highest BCUT2D eigenvalue weighted by Crippen LogP contribution is 2.37. The zero-order valence-corrected chi connectivity index (χ0v) is 18.7. The Hall–Kier alpha value is -1.37. The molecule has 29 heavy (non-hydrogen) atoms. The summed E-state index contributed by atoms with van der Waals surface area (Å²) in [4.78, 5) is 5.07. The van der Waals surface area contributed by atoms with Crippen molar-refractivity contribution in [1.29, 1.82) is 0 Å². The van der Waals surface area contributed by atoms with Crippen LogP contribution < -0.4 is 0 Å².